The van der Waals surface area contributed by atoms with Crippen LogP contribution in [0.4, 0.5) is 4.39 Å². The first-order valence-electron chi connectivity index (χ1n) is 8.47. The van der Waals surface area contributed by atoms with Crippen molar-refractivity contribution in [2.24, 2.45) is 0 Å². The van der Waals surface area contributed by atoms with Gasteiger partial charge in [0.15, 0.2) is 0 Å². The predicted octanol–water partition coefficient (Wildman–Crippen LogP) is 3.01. The van der Waals surface area contributed by atoms with E-state index in [4.69, 9.17) is 4.74 Å². The number of aliphatic carboxylic acids is 1. The average Bonchev–Trinajstić information content (AvgIpc) is 3.40. The van der Waals surface area contributed by atoms with E-state index in [1.54, 1.807) is 11.5 Å². The third-order valence-electron chi connectivity index (χ3n) is 4.76. The highest BCUT2D eigenvalue weighted by molar-refractivity contribution is 5.94. The Morgan fingerprint density at radius 3 is 2.54 bits per heavy atom. The van der Waals surface area contributed by atoms with Gasteiger partial charge in [0.25, 0.3) is 0 Å². The van der Waals surface area contributed by atoms with Crippen LogP contribution in [0.2, 0.25) is 0 Å². The lowest BCUT2D eigenvalue weighted by molar-refractivity contribution is -0.142. The van der Waals surface area contributed by atoms with Crippen LogP contribution >= 0.6 is 0 Å². The number of rotatable bonds is 5. The van der Waals surface area contributed by atoms with E-state index < -0.39 is 28.6 Å². The number of nitrogens with zero attached hydrogens (tertiary/aromatic N) is 1. The Labute approximate surface area is 149 Å². The van der Waals surface area contributed by atoms with Gasteiger partial charge in [0.05, 0.1) is 17.5 Å². The van der Waals surface area contributed by atoms with Crippen LogP contribution in [-0.2, 0) is 14.9 Å². The summed E-state index contributed by atoms with van der Waals surface area (Å²) in [5.74, 6) is -2.70. The number of carboxylic acid groups (broad SMARTS) is 1. The van der Waals surface area contributed by atoms with Crippen molar-refractivity contribution in [1.82, 2.24) is 4.57 Å². The van der Waals surface area contributed by atoms with Gasteiger partial charge in [-0.05, 0) is 45.7 Å². The minimum atomic E-state index is -1.46. The zero-order chi connectivity index (χ0) is 19.2. The average molecular weight is 361 g/mol. The zero-order valence-corrected chi connectivity index (χ0v) is 14.8. The molecule has 26 heavy (non-hydrogen) atoms. The number of fused-ring (bicyclic) bond motifs is 1. The second-order valence-corrected chi connectivity index (χ2v) is 7.01. The van der Waals surface area contributed by atoms with Gasteiger partial charge in [0.2, 0.25) is 5.43 Å². The third kappa shape index (κ3) is 2.87. The Morgan fingerprint density at radius 2 is 2.00 bits per heavy atom. The molecule has 0 aliphatic heterocycles. The Balaban J connectivity index is 2.32. The van der Waals surface area contributed by atoms with Crippen molar-refractivity contribution >= 4 is 22.8 Å². The number of carbonyl (C=O) groups excluding carboxylic acids is 1. The van der Waals surface area contributed by atoms with Crippen LogP contribution in [0.5, 0.6) is 0 Å². The van der Waals surface area contributed by atoms with E-state index in [1.165, 1.54) is 26.1 Å². The fraction of sp³-hybridized carbons (Fsp3) is 0.421. The molecule has 0 atom stereocenters. The fourth-order valence-electron chi connectivity index (χ4n) is 2.97. The lowest BCUT2D eigenvalue weighted by atomic mass is 9.83. The summed E-state index contributed by atoms with van der Waals surface area (Å²) in [5.41, 5.74) is -1.79. The van der Waals surface area contributed by atoms with Crippen molar-refractivity contribution in [1.29, 1.82) is 0 Å². The van der Waals surface area contributed by atoms with Gasteiger partial charge in [-0.25, -0.2) is 9.18 Å². The molecule has 3 rings (SSSR count). The Bertz CT molecular complexity index is 972. The SMILES string of the molecule is CCOC(=O)c1cn(C2CC2)c2cc(C(C)(C)C(=O)O)c(F)cc2c1=O. The maximum atomic E-state index is 14.7. The molecule has 7 heteroatoms. The first-order valence-corrected chi connectivity index (χ1v) is 8.47. The number of halogens is 1. The minimum Gasteiger partial charge on any atom is -0.481 e. The van der Waals surface area contributed by atoms with Gasteiger partial charge < -0.3 is 14.4 Å². The standard InChI is InChI=1S/C19H20FNO5/c1-4-26-17(23)12-9-21(10-5-6-10)15-8-13(19(2,3)18(24)25)14(20)7-11(15)16(12)22/h7-10H,4-6H2,1-3H3,(H,24,25). The van der Waals surface area contributed by atoms with Gasteiger partial charge >= 0.3 is 11.9 Å². The number of esters is 1. The summed E-state index contributed by atoms with van der Waals surface area (Å²) in [6.45, 7) is 4.58. The quantitative estimate of drug-likeness (QED) is 0.828. The van der Waals surface area contributed by atoms with Crippen LogP contribution in [0.15, 0.2) is 23.1 Å². The molecule has 0 spiro atoms. The highest BCUT2D eigenvalue weighted by Gasteiger charge is 2.34. The highest BCUT2D eigenvalue weighted by atomic mass is 19.1. The van der Waals surface area contributed by atoms with E-state index in [0.29, 0.717) is 5.52 Å². The number of pyridine rings is 1. The van der Waals surface area contributed by atoms with Crippen molar-refractivity contribution in [3.63, 3.8) is 0 Å². The van der Waals surface area contributed by atoms with Gasteiger partial charge in [0, 0.05) is 23.2 Å². The first-order chi connectivity index (χ1) is 12.2. The summed E-state index contributed by atoms with van der Waals surface area (Å²) in [6, 6.07) is 2.53. The molecule has 1 heterocycles. The maximum Gasteiger partial charge on any atom is 0.343 e. The number of carbonyl (C=O) groups is 2. The molecule has 1 N–H and O–H groups in total. The van der Waals surface area contributed by atoms with Gasteiger partial charge in [-0.2, -0.15) is 0 Å². The number of carboxylic acids is 1. The van der Waals surface area contributed by atoms with Crippen molar-refractivity contribution in [3.05, 3.63) is 45.5 Å². The van der Waals surface area contributed by atoms with Crippen LogP contribution in [0.3, 0.4) is 0 Å². The number of hydrogen-bond acceptors (Lipinski definition) is 4. The molecule has 6 nitrogen and oxygen atoms in total. The molecule has 2 aromatic rings. The van der Waals surface area contributed by atoms with E-state index in [-0.39, 0.29) is 29.2 Å². The molecule has 138 valence electrons. The Hall–Kier alpha value is -2.70. The summed E-state index contributed by atoms with van der Waals surface area (Å²) in [4.78, 5) is 36.3. The topological polar surface area (TPSA) is 85.6 Å². The molecule has 0 saturated heterocycles. The summed E-state index contributed by atoms with van der Waals surface area (Å²) in [7, 11) is 0. The molecule has 0 radical (unpaired) electrons. The lowest BCUT2D eigenvalue weighted by Gasteiger charge is -2.22. The molecule has 0 amide bonds. The first kappa shape index (κ1) is 18.1. The second-order valence-electron chi connectivity index (χ2n) is 7.01. The fourth-order valence-corrected chi connectivity index (χ4v) is 2.97. The largest absolute Gasteiger partial charge is 0.481 e. The Morgan fingerprint density at radius 1 is 1.35 bits per heavy atom. The maximum absolute atomic E-state index is 14.7. The zero-order valence-electron chi connectivity index (χ0n) is 14.8. The van der Waals surface area contributed by atoms with Crippen LogP contribution in [-0.4, -0.2) is 28.2 Å². The van der Waals surface area contributed by atoms with Crippen LogP contribution in [0.25, 0.3) is 10.9 Å². The van der Waals surface area contributed by atoms with E-state index >= 15 is 0 Å². The van der Waals surface area contributed by atoms with Crippen molar-refractivity contribution in [3.8, 4) is 0 Å². The van der Waals surface area contributed by atoms with Gasteiger partial charge in [-0.1, -0.05) is 0 Å². The lowest BCUT2D eigenvalue weighted by Crippen LogP contribution is -2.30. The highest BCUT2D eigenvalue weighted by Crippen LogP contribution is 2.38. The second kappa shape index (κ2) is 6.23. The van der Waals surface area contributed by atoms with Crippen molar-refractivity contribution in [2.45, 2.75) is 45.1 Å². The Kier molecular flexibility index (Phi) is 4.34. The number of hydrogen-bond donors (Lipinski definition) is 1. The molecule has 1 aromatic heterocycles. The van der Waals surface area contributed by atoms with E-state index in [2.05, 4.69) is 0 Å². The minimum absolute atomic E-state index is 0.00446. The smallest absolute Gasteiger partial charge is 0.343 e. The normalized spacial score (nSPS) is 14.5. The monoisotopic (exact) mass is 361 g/mol. The molecule has 1 aliphatic rings. The summed E-state index contributed by atoms with van der Waals surface area (Å²) in [5, 5.41) is 9.46. The number of ether oxygens (including phenoxy) is 1. The molecule has 1 aromatic carbocycles. The molecule has 1 fully saturated rings. The molecular formula is C19H20FNO5. The van der Waals surface area contributed by atoms with Gasteiger partial charge in [-0.3, -0.25) is 9.59 Å². The van der Waals surface area contributed by atoms with Crippen LogP contribution in [0, 0.1) is 5.82 Å². The molecule has 0 bridgehead atoms. The van der Waals surface area contributed by atoms with E-state index in [9.17, 15) is 23.9 Å². The molecule has 1 aliphatic carbocycles. The summed E-state index contributed by atoms with van der Waals surface area (Å²) in [6.07, 6.45) is 3.18. The van der Waals surface area contributed by atoms with Gasteiger partial charge in [-0.15, -0.1) is 0 Å². The predicted molar refractivity (Wildman–Crippen MR) is 93.1 cm³/mol. The number of aromatic nitrogens is 1. The third-order valence-corrected chi connectivity index (χ3v) is 4.76. The van der Waals surface area contributed by atoms with Crippen LogP contribution < -0.4 is 5.43 Å². The molecular weight excluding hydrogens is 341 g/mol. The van der Waals surface area contributed by atoms with Crippen molar-refractivity contribution in [2.75, 3.05) is 6.61 Å². The molecule has 0 unspecified atom stereocenters. The number of benzene rings is 1. The van der Waals surface area contributed by atoms with Crippen LogP contribution in [0.1, 0.15) is 55.6 Å². The van der Waals surface area contributed by atoms with Gasteiger partial charge in [0.1, 0.15) is 11.4 Å². The van der Waals surface area contributed by atoms with Crippen molar-refractivity contribution < 1.29 is 23.8 Å². The van der Waals surface area contributed by atoms with E-state index in [1.807, 2.05) is 0 Å². The summed E-state index contributed by atoms with van der Waals surface area (Å²) >= 11 is 0. The summed E-state index contributed by atoms with van der Waals surface area (Å²) < 4.78 is 21.3. The van der Waals surface area contributed by atoms with E-state index in [0.717, 1.165) is 18.9 Å². The molecule has 1 saturated carbocycles.